The van der Waals surface area contributed by atoms with Crippen LogP contribution in [0.4, 0.5) is 0 Å². The lowest BCUT2D eigenvalue weighted by Crippen LogP contribution is -2.26. The molecule has 20 heavy (non-hydrogen) atoms. The number of nitrogens with two attached hydrogens (primary N) is 1. The van der Waals surface area contributed by atoms with Gasteiger partial charge >= 0.3 is 5.97 Å². The topological polar surface area (TPSA) is 81.8 Å². The number of esters is 1. The molecule has 1 unspecified atom stereocenters. The van der Waals surface area contributed by atoms with Gasteiger partial charge in [-0.1, -0.05) is 12.1 Å². The summed E-state index contributed by atoms with van der Waals surface area (Å²) in [5, 5.41) is 9.29. The predicted octanol–water partition coefficient (Wildman–Crippen LogP) is 1.27. The predicted molar refractivity (Wildman–Crippen MR) is 76.6 cm³/mol. The maximum Gasteiger partial charge on any atom is 0.305 e. The molecule has 1 aromatic rings. The number of carbonyl (C=O) groups excluding carboxylic acids is 1. The summed E-state index contributed by atoms with van der Waals surface area (Å²) in [6.45, 7) is 2.61. The van der Waals surface area contributed by atoms with Crippen molar-refractivity contribution < 1.29 is 19.4 Å². The molecule has 0 spiro atoms. The molecule has 0 heterocycles. The van der Waals surface area contributed by atoms with E-state index in [1.54, 1.807) is 6.92 Å². The van der Waals surface area contributed by atoms with Gasteiger partial charge in [0, 0.05) is 13.0 Å². The molecular formula is C15H23NO4. The molecule has 0 bridgehead atoms. The van der Waals surface area contributed by atoms with Crippen LogP contribution >= 0.6 is 0 Å². The Kier molecular flexibility index (Phi) is 7.69. The second-order valence-electron chi connectivity index (χ2n) is 4.50. The van der Waals surface area contributed by atoms with Crippen molar-refractivity contribution in [3.8, 4) is 5.75 Å². The number of aryl methyl sites for hydroxylation is 1. The van der Waals surface area contributed by atoms with Crippen LogP contribution in [0, 0.1) is 0 Å². The number of aliphatic hydroxyl groups excluding tert-OH is 1. The number of aliphatic hydroxyl groups is 1. The van der Waals surface area contributed by atoms with Crippen LogP contribution in [0.1, 0.15) is 25.3 Å². The van der Waals surface area contributed by atoms with Gasteiger partial charge in [-0.2, -0.15) is 0 Å². The van der Waals surface area contributed by atoms with E-state index in [2.05, 4.69) is 0 Å². The van der Waals surface area contributed by atoms with Gasteiger partial charge in [-0.3, -0.25) is 4.79 Å². The van der Waals surface area contributed by atoms with Gasteiger partial charge in [0.2, 0.25) is 0 Å². The van der Waals surface area contributed by atoms with Gasteiger partial charge in [-0.15, -0.1) is 0 Å². The Morgan fingerprint density at radius 2 is 2.05 bits per heavy atom. The van der Waals surface area contributed by atoms with Gasteiger partial charge in [0.05, 0.1) is 6.61 Å². The normalized spacial score (nSPS) is 11.9. The van der Waals surface area contributed by atoms with Crippen LogP contribution in [0.3, 0.4) is 0 Å². The first kappa shape index (κ1) is 16.5. The van der Waals surface area contributed by atoms with Crippen LogP contribution < -0.4 is 10.5 Å². The average Bonchev–Trinajstić information content (AvgIpc) is 2.46. The minimum Gasteiger partial charge on any atom is -0.491 e. The maximum atomic E-state index is 11.2. The number of ether oxygens (including phenoxy) is 2. The zero-order chi connectivity index (χ0) is 14.8. The van der Waals surface area contributed by atoms with E-state index in [4.69, 9.17) is 15.2 Å². The molecule has 0 radical (unpaired) electrons. The van der Waals surface area contributed by atoms with Crippen LogP contribution in [0.25, 0.3) is 0 Å². The quantitative estimate of drug-likeness (QED) is 0.666. The monoisotopic (exact) mass is 281 g/mol. The average molecular weight is 281 g/mol. The first-order chi connectivity index (χ1) is 9.65. The Bertz CT molecular complexity index is 391. The van der Waals surface area contributed by atoms with Crippen molar-refractivity contribution in [2.45, 2.75) is 32.3 Å². The summed E-state index contributed by atoms with van der Waals surface area (Å²) in [7, 11) is 0. The van der Waals surface area contributed by atoms with Crippen molar-refractivity contribution in [2.24, 2.45) is 5.73 Å². The van der Waals surface area contributed by atoms with E-state index >= 15 is 0 Å². The molecule has 1 aromatic carbocycles. The third kappa shape index (κ3) is 6.54. The van der Waals surface area contributed by atoms with E-state index in [0.29, 0.717) is 18.8 Å². The SMILES string of the molecule is CCOC(=O)CCCc1ccc(OCC(O)CN)cc1. The lowest BCUT2D eigenvalue weighted by Gasteiger charge is -2.10. The highest BCUT2D eigenvalue weighted by atomic mass is 16.5. The van der Waals surface area contributed by atoms with Crippen molar-refractivity contribution in [1.82, 2.24) is 0 Å². The molecule has 5 nitrogen and oxygen atoms in total. The summed E-state index contributed by atoms with van der Waals surface area (Å²) in [6.07, 6.45) is 1.39. The fourth-order valence-corrected chi connectivity index (χ4v) is 1.68. The van der Waals surface area contributed by atoms with Crippen LogP contribution in [0.5, 0.6) is 5.75 Å². The van der Waals surface area contributed by atoms with E-state index in [9.17, 15) is 9.90 Å². The minimum absolute atomic E-state index is 0.150. The number of carbonyl (C=O) groups is 1. The Labute approximate surface area is 119 Å². The second kappa shape index (κ2) is 9.34. The van der Waals surface area contributed by atoms with Gasteiger partial charge in [0.15, 0.2) is 0 Å². The van der Waals surface area contributed by atoms with Gasteiger partial charge in [-0.25, -0.2) is 0 Å². The third-order valence-electron chi connectivity index (χ3n) is 2.79. The summed E-state index contributed by atoms with van der Waals surface area (Å²) < 4.78 is 10.3. The molecule has 0 amide bonds. The molecule has 0 saturated heterocycles. The molecule has 0 aliphatic heterocycles. The van der Waals surface area contributed by atoms with Gasteiger partial charge in [-0.05, 0) is 37.5 Å². The van der Waals surface area contributed by atoms with Crippen molar-refractivity contribution in [2.75, 3.05) is 19.8 Å². The van der Waals surface area contributed by atoms with Gasteiger partial charge in [0.25, 0.3) is 0 Å². The van der Waals surface area contributed by atoms with Crippen molar-refractivity contribution >= 4 is 5.97 Å². The first-order valence-corrected chi connectivity index (χ1v) is 6.91. The molecule has 0 aromatic heterocycles. The number of hydrogen-bond acceptors (Lipinski definition) is 5. The Balaban J connectivity index is 2.29. The zero-order valence-corrected chi connectivity index (χ0v) is 11.9. The van der Waals surface area contributed by atoms with Crippen LogP contribution in [0.15, 0.2) is 24.3 Å². The van der Waals surface area contributed by atoms with E-state index in [1.165, 1.54) is 0 Å². The molecule has 0 aliphatic carbocycles. The molecule has 0 fully saturated rings. The van der Waals surface area contributed by atoms with Crippen molar-refractivity contribution in [3.63, 3.8) is 0 Å². The highest BCUT2D eigenvalue weighted by Gasteiger charge is 2.04. The molecule has 0 aliphatic rings. The largest absolute Gasteiger partial charge is 0.491 e. The number of hydrogen-bond donors (Lipinski definition) is 2. The number of rotatable bonds is 9. The highest BCUT2D eigenvalue weighted by molar-refractivity contribution is 5.69. The van der Waals surface area contributed by atoms with E-state index < -0.39 is 6.10 Å². The molecule has 3 N–H and O–H groups in total. The molecule has 1 atom stereocenters. The Morgan fingerprint density at radius 1 is 1.35 bits per heavy atom. The zero-order valence-electron chi connectivity index (χ0n) is 11.9. The highest BCUT2D eigenvalue weighted by Crippen LogP contribution is 2.14. The molecule has 0 saturated carbocycles. The third-order valence-corrected chi connectivity index (χ3v) is 2.79. The molecule has 5 heteroatoms. The molecule has 1 rings (SSSR count). The van der Waals surface area contributed by atoms with E-state index in [0.717, 1.165) is 18.4 Å². The van der Waals surface area contributed by atoms with Crippen LogP contribution in [-0.2, 0) is 16.0 Å². The maximum absolute atomic E-state index is 11.2. The molecular weight excluding hydrogens is 258 g/mol. The smallest absolute Gasteiger partial charge is 0.305 e. The summed E-state index contributed by atoms with van der Waals surface area (Å²) in [5.41, 5.74) is 6.43. The van der Waals surface area contributed by atoms with Gasteiger partial charge < -0.3 is 20.3 Å². The Morgan fingerprint density at radius 3 is 2.65 bits per heavy atom. The summed E-state index contributed by atoms with van der Waals surface area (Å²) in [6, 6.07) is 7.61. The lowest BCUT2D eigenvalue weighted by atomic mass is 10.1. The Hall–Kier alpha value is -1.59. The summed E-state index contributed by atoms with van der Waals surface area (Å²) >= 11 is 0. The van der Waals surface area contributed by atoms with Crippen molar-refractivity contribution in [1.29, 1.82) is 0 Å². The van der Waals surface area contributed by atoms with E-state index in [1.807, 2.05) is 24.3 Å². The first-order valence-electron chi connectivity index (χ1n) is 6.91. The summed E-state index contributed by atoms with van der Waals surface area (Å²) in [4.78, 5) is 11.2. The second-order valence-corrected chi connectivity index (χ2v) is 4.50. The minimum atomic E-state index is -0.640. The van der Waals surface area contributed by atoms with Crippen molar-refractivity contribution in [3.05, 3.63) is 29.8 Å². The molecule has 112 valence electrons. The van der Waals surface area contributed by atoms with Crippen LogP contribution in [-0.4, -0.2) is 36.9 Å². The van der Waals surface area contributed by atoms with Gasteiger partial charge in [0.1, 0.15) is 18.5 Å². The fourth-order valence-electron chi connectivity index (χ4n) is 1.68. The lowest BCUT2D eigenvalue weighted by molar-refractivity contribution is -0.143. The van der Waals surface area contributed by atoms with E-state index in [-0.39, 0.29) is 19.1 Å². The number of benzene rings is 1. The van der Waals surface area contributed by atoms with Crippen LogP contribution in [0.2, 0.25) is 0 Å². The standard InChI is InChI=1S/C15H23NO4/c1-2-19-15(18)5-3-4-12-6-8-14(9-7-12)20-11-13(17)10-16/h6-9,13,17H,2-5,10-11,16H2,1H3. The fraction of sp³-hybridized carbons (Fsp3) is 0.533. The summed E-state index contributed by atoms with van der Waals surface area (Å²) in [5.74, 6) is 0.551.